The highest BCUT2D eigenvalue weighted by molar-refractivity contribution is 5.62. The largest absolute Gasteiger partial charge is 0.487 e. The van der Waals surface area contributed by atoms with Crippen LogP contribution in [0.4, 0.5) is 30.8 Å². The standard InChI is InChI=1S/C19H23F3N6O/c1-10-7-27-8-12(10)9-29-15-11(2)26-28(13-4-3-5-13)17(15)25-18-23-6-14(16(27)24-18)19(20,21)22/h6,10,12-13H,3-5,7-9H2,1-2H3,(H,23,24,25)/t10-,12?/m1/s1. The minimum Gasteiger partial charge on any atom is -0.487 e. The minimum atomic E-state index is -4.51. The Morgan fingerprint density at radius 3 is 2.72 bits per heavy atom. The number of fused-ring (bicyclic) bond motifs is 6. The van der Waals surface area contributed by atoms with E-state index in [9.17, 15) is 13.2 Å². The first-order chi connectivity index (χ1) is 13.8. The number of nitrogens with zero attached hydrogens (tertiary/aromatic N) is 5. The third-order valence-corrected chi connectivity index (χ3v) is 6.26. The lowest BCUT2D eigenvalue weighted by atomic mass is 9.93. The van der Waals surface area contributed by atoms with Gasteiger partial charge in [-0.3, -0.25) is 0 Å². The van der Waals surface area contributed by atoms with Gasteiger partial charge in [0.25, 0.3) is 0 Å². The van der Waals surface area contributed by atoms with Gasteiger partial charge in [-0.15, -0.1) is 0 Å². The summed E-state index contributed by atoms with van der Waals surface area (Å²) in [5.41, 5.74) is -0.0479. The summed E-state index contributed by atoms with van der Waals surface area (Å²) in [6.45, 7) is 5.32. The number of ether oxygens (including phenoxy) is 1. The van der Waals surface area contributed by atoms with Crippen molar-refractivity contribution < 1.29 is 17.9 Å². The Morgan fingerprint density at radius 1 is 1.24 bits per heavy atom. The van der Waals surface area contributed by atoms with Gasteiger partial charge in [0.1, 0.15) is 17.1 Å². The maximum Gasteiger partial charge on any atom is 0.421 e. The molecule has 0 amide bonds. The van der Waals surface area contributed by atoms with Crippen LogP contribution in [0.25, 0.3) is 0 Å². The summed E-state index contributed by atoms with van der Waals surface area (Å²) in [5.74, 6) is 1.60. The molecule has 0 spiro atoms. The molecule has 2 aromatic heterocycles. The number of rotatable bonds is 1. The van der Waals surface area contributed by atoms with Crippen LogP contribution in [0.15, 0.2) is 6.20 Å². The van der Waals surface area contributed by atoms with Crippen molar-refractivity contribution in [1.29, 1.82) is 0 Å². The van der Waals surface area contributed by atoms with Gasteiger partial charge in [-0.25, -0.2) is 9.67 Å². The average molecular weight is 408 g/mol. The highest BCUT2D eigenvalue weighted by Crippen LogP contribution is 2.42. The van der Waals surface area contributed by atoms with Crippen molar-refractivity contribution in [2.45, 2.75) is 45.3 Å². The predicted molar refractivity (Wildman–Crippen MR) is 101 cm³/mol. The molecule has 4 bridgehead atoms. The summed E-state index contributed by atoms with van der Waals surface area (Å²) in [6.07, 6.45) is -0.475. The quantitative estimate of drug-likeness (QED) is 0.771. The van der Waals surface area contributed by atoms with Gasteiger partial charge in [0.2, 0.25) is 5.95 Å². The van der Waals surface area contributed by atoms with Gasteiger partial charge < -0.3 is 15.0 Å². The van der Waals surface area contributed by atoms with E-state index in [4.69, 9.17) is 4.74 Å². The number of alkyl halides is 3. The monoisotopic (exact) mass is 408 g/mol. The fourth-order valence-corrected chi connectivity index (χ4v) is 4.31. The zero-order valence-electron chi connectivity index (χ0n) is 16.3. The van der Waals surface area contributed by atoms with Crippen molar-refractivity contribution in [2.24, 2.45) is 11.8 Å². The van der Waals surface area contributed by atoms with E-state index in [1.165, 1.54) is 0 Å². The number of hydrogen-bond donors (Lipinski definition) is 1. The second-order valence-electron chi connectivity index (χ2n) is 8.30. The zero-order valence-corrected chi connectivity index (χ0v) is 16.3. The summed E-state index contributed by atoms with van der Waals surface area (Å²) in [4.78, 5) is 9.97. The minimum absolute atomic E-state index is 0.0702. The van der Waals surface area contributed by atoms with Crippen LogP contribution in [-0.4, -0.2) is 39.4 Å². The van der Waals surface area contributed by atoms with Gasteiger partial charge in [-0.05, 0) is 32.1 Å². The molecular weight excluding hydrogens is 385 g/mol. The third-order valence-electron chi connectivity index (χ3n) is 6.26. The number of nitrogens with one attached hydrogen (secondary N) is 1. The maximum absolute atomic E-state index is 13.6. The second-order valence-corrected chi connectivity index (χ2v) is 8.30. The van der Waals surface area contributed by atoms with Gasteiger partial charge in [-0.2, -0.15) is 23.3 Å². The molecule has 2 fully saturated rings. The maximum atomic E-state index is 13.6. The Labute approximate surface area is 166 Å². The summed E-state index contributed by atoms with van der Waals surface area (Å²) < 4.78 is 48.9. The van der Waals surface area contributed by atoms with E-state index in [1.807, 2.05) is 18.5 Å². The molecule has 2 aromatic rings. The molecule has 156 valence electrons. The molecule has 5 rings (SSSR count). The Balaban J connectivity index is 1.64. The smallest absolute Gasteiger partial charge is 0.421 e. The molecule has 3 aliphatic rings. The van der Waals surface area contributed by atoms with Crippen LogP contribution in [0.5, 0.6) is 5.75 Å². The van der Waals surface area contributed by atoms with Crippen LogP contribution in [0, 0.1) is 18.8 Å². The van der Waals surface area contributed by atoms with E-state index >= 15 is 0 Å². The molecule has 1 saturated carbocycles. The second kappa shape index (κ2) is 6.50. The Morgan fingerprint density at radius 2 is 2.03 bits per heavy atom. The molecule has 10 heteroatoms. The number of aromatic nitrogens is 4. The molecule has 1 saturated heterocycles. The van der Waals surface area contributed by atoms with E-state index in [2.05, 4.69) is 20.4 Å². The van der Waals surface area contributed by atoms with Crippen molar-refractivity contribution >= 4 is 17.6 Å². The zero-order chi connectivity index (χ0) is 20.3. The number of aryl methyl sites for hydroxylation is 1. The average Bonchev–Trinajstić information content (AvgIpc) is 3.10. The Hall–Kier alpha value is -2.52. The Bertz CT molecular complexity index is 939. The van der Waals surface area contributed by atoms with Crippen molar-refractivity contribution in [2.75, 3.05) is 29.9 Å². The molecule has 2 aliphatic heterocycles. The predicted octanol–water partition coefficient (Wildman–Crippen LogP) is 3.93. The summed E-state index contributed by atoms with van der Waals surface area (Å²) in [7, 11) is 0. The first-order valence-electron chi connectivity index (χ1n) is 9.99. The van der Waals surface area contributed by atoms with Gasteiger partial charge in [0.05, 0.1) is 12.6 Å². The molecule has 1 aliphatic carbocycles. The molecule has 0 radical (unpaired) electrons. The van der Waals surface area contributed by atoms with Gasteiger partial charge in [-0.1, -0.05) is 6.92 Å². The van der Waals surface area contributed by atoms with Gasteiger partial charge in [0.15, 0.2) is 11.6 Å². The SMILES string of the molecule is Cc1nn(C2CCC2)c2c1OCC1CN(C[C@H]1C)c1nc(ncc1C(F)(F)F)N2. The molecule has 1 unspecified atom stereocenters. The van der Waals surface area contributed by atoms with Gasteiger partial charge >= 0.3 is 6.18 Å². The lowest BCUT2D eigenvalue weighted by Crippen LogP contribution is -2.26. The van der Waals surface area contributed by atoms with Crippen LogP contribution in [0.3, 0.4) is 0 Å². The fourth-order valence-electron chi connectivity index (χ4n) is 4.31. The fraction of sp³-hybridized carbons (Fsp3) is 0.632. The summed E-state index contributed by atoms with van der Waals surface area (Å²) >= 11 is 0. The van der Waals surface area contributed by atoms with E-state index in [0.29, 0.717) is 31.3 Å². The molecule has 1 N–H and O–H groups in total. The molecule has 2 atom stereocenters. The molecule has 7 nitrogen and oxygen atoms in total. The normalized spacial score (nSPS) is 24.2. The molecule has 0 aromatic carbocycles. The van der Waals surface area contributed by atoms with Crippen LogP contribution >= 0.6 is 0 Å². The number of anilines is 3. The van der Waals surface area contributed by atoms with E-state index in [0.717, 1.165) is 31.2 Å². The van der Waals surface area contributed by atoms with Crippen LogP contribution in [0.1, 0.15) is 43.5 Å². The highest BCUT2D eigenvalue weighted by Gasteiger charge is 2.41. The van der Waals surface area contributed by atoms with Gasteiger partial charge in [0, 0.05) is 25.2 Å². The lowest BCUT2D eigenvalue weighted by Gasteiger charge is -2.27. The first-order valence-corrected chi connectivity index (χ1v) is 9.99. The van der Waals surface area contributed by atoms with Crippen LogP contribution in [0.2, 0.25) is 0 Å². The van der Waals surface area contributed by atoms with E-state index in [1.54, 1.807) is 4.90 Å². The molecule has 29 heavy (non-hydrogen) atoms. The van der Waals surface area contributed by atoms with Crippen molar-refractivity contribution in [3.05, 3.63) is 17.5 Å². The summed E-state index contributed by atoms with van der Waals surface area (Å²) in [6, 6.07) is 0.256. The van der Waals surface area contributed by atoms with Crippen molar-refractivity contribution in [3.63, 3.8) is 0 Å². The number of halogens is 3. The van der Waals surface area contributed by atoms with Crippen molar-refractivity contribution in [3.8, 4) is 5.75 Å². The topological polar surface area (TPSA) is 68.1 Å². The highest BCUT2D eigenvalue weighted by atomic mass is 19.4. The van der Waals surface area contributed by atoms with E-state index < -0.39 is 11.7 Å². The number of hydrogen-bond acceptors (Lipinski definition) is 6. The molecule has 4 heterocycles. The van der Waals surface area contributed by atoms with Crippen molar-refractivity contribution in [1.82, 2.24) is 19.7 Å². The third kappa shape index (κ3) is 3.08. The van der Waals surface area contributed by atoms with E-state index in [-0.39, 0.29) is 29.6 Å². The molecular formula is C19H23F3N6O. The summed E-state index contributed by atoms with van der Waals surface area (Å²) in [5, 5.41) is 7.75. The van der Waals surface area contributed by atoms with Crippen LogP contribution < -0.4 is 15.0 Å². The Kier molecular flexibility index (Phi) is 4.15. The lowest BCUT2D eigenvalue weighted by molar-refractivity contribution is -0.137. The van der Waals surface area contributed by atoms with Crippen LogP contribution in [-0.2, 0) is 6.18 Å². The first kappa shape index (κ1) is 18.5.